The lowest BCUT2D eigenvalue weighted by Gasteiger charge is -2.15. The number of hydrogen-bond acceptors (Lipinski definition) is 4. The molecule has 0 aliphatic carbocycles. The molecule has 1 N–H and O–H groups in total. The van der Waals surface area contributed by atoms with Gasteiger partial charge in [-0.2, -0.15) is 5.10 Å². The van der Waals surface area contributed by atoms with Gasteiger partial charge in [0, 0.05) is 18.7 Å². The highest BCUT2D eigenvalue weighted by molar-refractivity contribution is 5.46. The Morgan fingerprint density at radius 1 is 1.33 bits per heavy atom. The fourth-order valence-electron chi connectivity index (χ4n) is 2.35. The first-order chi connectivity index (χ1) is 10.2. The summed E-state index contributed by atoms with van der Waals surface area (Å²) in [6, 6.07) is 7.98. The highest BCUT2D eigenvalue weighted by Crippen LogP contribution is 2.31. The summed E-state index contributed by atoms with van der Waals surface area (Å²) in [4.78, 5) is 0. The maximum atomic E-state index is 6.03. The van der Waals surface area contributed by atoms with Crippen LogP contribution in [0.15, 0.2) is 24.3 Å². The van der Waals surface area contributed by atoms with E-state index in [4.69, 9.17) is 9.47 Å². The maximum Gasteiger partial charge on any atom is 0.166 e. The van der Waals surface area contributed by atoms with Crippen LogP contribution in [0.5, 0.6) is 11.5 Å². The number of nitrogens with one attached hydrogen (secondary N) is 1. The average Bonchev–Trinajstić information content (AvgIpc) is 2.86. The molecule has 0 saturated heterocycles. The molecule has 2 rings (SSSR count). The van der Waals surface area contributed by atoms with E-state index in [0.717, 1.165) is 41.5 Å². The van der Waals surface area contributed by atoms with E-state index in [-0.39, 0.29) is 0 Å². The van der Waals surface area contributed by atoms with Crippen LogP contribution in [0.3, 0.4) is 0 Å². The molecule has 2 aromatic rings. The van der Waals surface area contributed by atoms with E-state index in [1.807, 2.05) is 36.9 Å². The molecule has 0 spiro atoms. The number of aryl methyl sites for hydroxylation is 2. The van der Waals surface area contributed by atoms with Gasteiger partial charge >= 0.3 is 0 Å². The maximum absolute atomic E-state index is 6.03. The van der Waals surface area contributed by atoms with E-state index >= 15 is 0 Å². The third-order valence-corrected chi connectivity index (χ3v) is 3.30. The molecule has 0 aliphatic rings. The molecule has 5 nitrogen and oxygen atoms in total. The van der Waals surface area contributed by atoms with E-state index < -0.39 is 0 Å². The molecule has 0 fully saturated rings. The van der Waals surface area contributed by atoms with Crippen LogP contribution in [0, 0.1) is 6.92 Å². The summed E-state index contributed by atoms with van der Waals surface area (Å²) < 4.78 is 13.4. The van der Waals surface area contributed by atoms with Crippen LogP contribution in [-0.4, -0.2) is 23.9 Å². The van der Waals surface area contributed by atoms with Crippen LogP contribution in [0.4, 0.5) is 0 Å². The molecule has 1 aromatic carbocycles. The highest BCUT2D eigenvalue weighted by atomic mass is 16.5. The number of hydrogen-bond donors (Lipinski definition) is 1. The molecule has 5 heteroatoms. The van der Waals surface area contributed by atoms with Gasteiger partial charge in [-0.05, 0) is 33.0 Å². The van der Waals surface area contributed by atoms with Crippen molar-refractivity contribution < 1.29 is 9.47 Å². The Bertz CT molecular complexity index is 593. The van der Waals surface area contributed by atoms with Crippen molar-refractivity contribution in [2.45, 2.75) is 33.5 Å². The van der Waals surface area contributed by atoms with Crippen molar-refractivity contribution in [1.29, 1.82) is 0 Å². The van der Waals surface area contributed by atoms with Crippen molar-refractivity contribution >= 4 is 0 Å². The molecule has 0 amide bonds. The number of nitrogens with zero attached hydrogens (tertiary/aromatic N) is 2. The Labute approximate surface area is 125 Å². The summed E-state index contributed by atoms with van der Waals surface area (Å²) in [5.41, 5.74) is 3.15. The molecule has 21 heavy (non-hydrogen) atoms. The molecule has 0 unspecified atom stereocenters. The molecule has 0 saturated carbocycles. The minimum Gasteiger partial charge on any atom is -0.493 e. The first-order valence-corrected chi connectivity index (χ1v) is 7.16. The zero-order valence-corrected chi connectivity index (χ0v) is 13.1. The molecule has 114 valence electrons. The Balaban J connectivity index is 2.22. The quantitative estimate of drug-likeness (QED) is 0.851. The number of benzene rings is 1. The standard InChI is InChI=1S/C16H23N3O2/c1-5-19-14(9-12(2)18-19)11-21-16-13(10-17-3)7-6-8-15(16)20-4/h6-9,17H,5,10-11H2,1-4H3. The Kier molecular flexibility index (Phi) is 5.22. The molecule has 0 radical (unpaired) electrons. The van der Waals surface area contributed by atoms with Crippen molar-refractivity contribution in [3.8, 4) is 11.5 Å². The van der Waals surface area contributed by atoms with E-state index in [9.17, 15) is 0 Å². The van der Waals surface area contributed by atoms with Gasteiger partial charge < -0.3 is 14.8 Å². The first-order valence-electron chi connectivity index (χ1n) is 7.16. The summed E-state index contributed by atoms with van der Waals surface area (Å²) in [6.07, 6.45) is 0. The van der Waals surface area contributed by atoms with E-state index in [0.29, 0.717) is 6.61 Å². The monoisotopic (exact) mass is 289 g/mol. The van der Waals surface area contributed by atoms with E-state index in [2.05, 4.69) is 23.4 Å². The SMILES string of the molecule is CCn1nc(C)cc1COc1c(CNC)cccc1OC. The second-order valence-electron chi connectivity index (χ2n) is 4.86. The Morgan fingerprint density at radius 3 is 2.81 bits per heavy atom. The summed E-state index contributed by atoms with van der Waals surface area (Å²) >= 11 is 0. The average molecular weight is 289 g/mol. The lowest BCUT2D eigenvalue weighted by molar-refractivity contribution is 0.270. The predicted molar refractivity (Wildman–Crippen MR) is 82.7 cm³/mol. The topological polar surface area (TPSA) is 48.3 Å². The predicted octanol–water partition coefficient (Wildman–Crippen LogP) is 2.52. The second-order valence-corrected chi connectivity index (χ2v) is 4.86. The third kappa shape index (κ3) is 3.55. The van der Waals surface area contributed by atoms with Crippen LogP contribution >= 0.6 is 0 Å². The zero-order valence-electron chi connectivity index (χ0n) is 13.1. The van der Waals surface area contributed by atoms with Crippen LogP contribution < -0.4 is 14.8 Å². The second kappa shape index (κ2) is 7.13. The van der Waals surface area contributed by atoms with Crippen molar-refractivity contribution in [2.75, 3.05) is 14.2 Å². The third-order valence-electron chi connectivity index (χ3n) is 3.30. The van der Waals surface area contributed by atoms with Gasteiger partial charge in [-0.1, -0.05) is 12.1 Å². The minimum atomic E-state index is 0.478. The number of rotatable bonds is 7. The van der Waals surface area contributed by atoms with E-state index in [1.165, 1.54) is 0 Å². The van der Waals surface area contributed by atoms with Crippen molar-refractivity contribution in [3.63, 3.8) is 0 Å². The van der Waals surface area contributed by atoms with Gasteiger partial charge in [0.05, 0.1) is 18.5 Å². The van der Waals surface area contributed by atoms with Crippen LogP contribution in [0.25, 0.3) is 0 Å². The molecule has 1 heterocycles. The van der Waals surface area contributed by atoms with Gasteiger partial charge in [0.15, 0.2) is 11.5 Å². The number of para-hydroxylation sites is 1. The first kappa shape index (κ1) is 15.4. The van der Waals surface area contributed by atoms with Gasteiger partial charge in [0.25, 0.3) is 0 Å². The zero-order chi connectivity index (χ0) is 15.2. The number of ether oxygens (including phenoxy) is 2. The fourth-order valence-corrected chi connectivity index (χ4v) is 2.35. The lowest BCUT2D eigenvalue weighted by atomic mass is 10.2. The largest absolute Gasteiger partial charge is 0.493 e. The minimum absolute atomic E-state index is 0.478. The van der Waals surface area contributed by atoms with Crippen molar-refractivity contribution in [3.05, 3.63) is 41.2 Å². The van der Waals surface area contributed by atoms with E-state index in [1.54, 1.807) is 7.11 Å². The lowest BCUT2D eigenvalue weighted by Crippen LogP contribution is -2.10. The Morgan fingerprint density at radius 2 is 2.14 bits per heavy atom. The molecular weight excluding hydrogens is 266 g/mol. The number of aromatic nitrogens is 2. The smallest absolute Gasteiger partial charge is 0.166 e. The summed E-state index contributed by atoms with van der Waals surface area (Å²) in [6.45, 7) is 6.11. The molecule has 0 bridgehead atoms. The molecule has 1 aromatic heterocycles. The van der Waals surface area contributed by atoms with Crippen LogP contribution in [0.1, 0.15) is 23.9 Å². The Hall–Kier alpha value is -2.01. The normalized spacial score (nSPS) is 10.7. The highest BCUT2D eigenvalue weighted by Gasteiger charge is 2.12. The summed E-state index contributed by atoms with van der Waals surface area (Å²) in [5, 5.41) is 7.58. The number of methoxy groups -OCH3 is 1. The van der Waals surface area contributed by atoms with Gasteiger partial charge in [0.2, 0.25) is 0 Å². The van der Waals surface area contributed by atoms with Crippen molar-refractivity contribution in [1.82, 2.24) is 15.1 Å². The summed E-state index contributed by atoms with van der Waals surface area (Å²) in [5.74, 6) is 1.54. The molecule has 0 aliphatic heterocycles. The van der Waals surface area contributed by atoms with Gasteiger partial charge in [-0.25, -0.2) is 0 Å². The van der Waals surface area contributed by atoms with Crippen molar-refractivity contribution in [2.24, 2.45) is 0 Å². The summed E-state index contributed by atoms with van der Waals surface area (Å²) in [7, 11) is 3.57. The van der Waals surface area contributed by atoms with Crippen LogP contribution in [0.2, 0.25) is 0 Å². The molecule has 0 atom stereocenters. The van der Waals surface area contributed by atoms with Gasteiger partial charge in [0.1, 0.15) is 6.61 Å². The van der Waals surface area contributed by atoms with Crippen LogP contribution in [-0.2, 0) is 19.7 Å². The molecular formula is C16H23N3O2. The van der Waals surface area contributed by atoms with Gasteiger partial charge in [-0.15, -0.1) is 0 Å². The fraction of sp³-hybridized carbons (Fsp3) is 0.438. The van der Waals surface area contributed by atoms with Gasteiger partial charge in [-0.3, -0.25) is 4.68 Å².